The third-order valence-electron chi connectivity index (χ3n) is 4.44. The summed E-state index contributed by atoms with van der Waals surface area (Å²) in [5.41, 5.74) is 4.01. The van der Waals surface area contributed by atoms with Crippen LogP contribution in [0.25, 0.3) is 6.08 Å². The van der Waals surface area contributed by atoms with Crippen molar-refractivity contribution in [1.82, 2.24) is 0 Å². The highest BCUT2D eigenvalue weighted by molar-refractivity contribution is 5.47. The van der Waals surface area contributed by atoms with Gasteiger partial charge in [0.15, 0.2) is 0 Å². The third kappa shape index (κ3) is 4.72. The molecule has 0 fully saturated rings. The van der Waals surface area contributed by atoms with E-state index in [4.69, 9.17) is 0 Å². The van der Waals surface area contributed by atoms with E-state index in [2.05, 4.69) is 75.0 Å². The largest absolute Gasteiger partial charge is 1.00 e. The van der Waals surface area contributed by atoms with Gasteiger partial charge in [-0.05, 0) is 19.4 Å². The zero-order chi connectivity index (χ0) is 15.1. The number of halogens is 1. The summed E-state index contributed by atoms with van der Waals surface area (Å²) in [6.45, 7) is 12.9. The average Bonchev–Trinajstić information content (AvgIpc) is 2.56. The number of rotatable bonds is 7. The van der Waals surface area contributed by atoms with Crippen LogP contribution in [0.5, 0.6) is 0 Å². The van der Waals surface area contributed by atoms with E-state index >= 15 is 0 Å². The monoisotopic (exact) mass is 315 g/mol. The van der Waals surface area contributed by atoms with Crippen LogP contribution in [0.4, 0.5) is 0 Å². The van der Waals surface area contributed by atoms with Gasteiger partial charge in [0.25, 0.3) is 0 Å². The molecule has 0 bridgehead atoms. The molecule has 0 aliphatic carbocycles. The Kier molecular flexibility index (Phi) is 7.37. The van der Waals surface area contributed by atoms with Crippen LogP contribution in [0.1, 0.15) is 30.5 Å². The molecule has 0 saturated heterocycles. The minimum absolute atomic E-state index is 0. The lowest BCUT2D eigenvalue weighted by molar-refractivity contribution is -0.950. The summed E-state index contributed by atoms with van der Waals surface area (Å²) in [7, 11) is 0. The second kappa shape index (κ2) is 8.77. The predicted molar refractivity (Wildman–Crippen MR) is 91.7 cm³/mol. The first-order valence-corrected chi connectivity index (χ1v) is 7.82. The molecule has 0 aliphatic rings. The number of quaternary nitrogens is 1. The summed E-state index contributed by atoms with van der Waals surface area (Å²) < 4.78 is 1.09. The molecular formula is C20H26ClN. The Balaban J connectivity index is 0.00000242. The van der Waals surface area contributed by atoms with Gasteiger partial charge < -0.3 is 16.9 Å². The topological polar surface area (TPSA) is 0 Å². The molecule has 0 heterocycles. The lowest BCUT2D eigenvalue weighted by Crippen LogP contribution is -3.00. The van der Waals surface area contributed by atoms with Crippen molar-refractivity contribution in [3.63, 3.8) is 0 Å². The van der Waals surface area contributed by atoms with Gasteiger partial charge in [-0.25, -0.2) is 0 Å². The van der Waals surface area contributed by atoms with Crippen molar-refractivity contribution >= 4 is 6.08 Å². The van der Waals surface area contributed by atoms with Gasteiger partial charge >= 0.3 is 0 Å². The molecule has 0 amide bonds. The maximum absolute atomic E-state index is 3.82. The Hall–Kier alpha value is -1.57. The smallest absolute Gasteiger partial charge is 0.105 e. The molecule has 0 radical (unpaired) electrons. The highest BCUT2D eigenvalue weighted by Crippen LogP contribution is 2.20. The maximum atomic E-state index is 3.82. The molecule has 22 heavy (non-hydrogen) atoms. The molecule has 2 aromatic rings. The Morgan fingerprint density at radius 1 is 0.818 bits per heavy atom. The van der Waals surface area contributed by atoms with Crippen molar-refractivity contribution in [3.05, 3.63) is 77.9 Å². The molecule has 0 saturated carbocycles. The molecule has 2 rings (SSSR count). The van der Waals surface area contributed by atoms with Crippen molar-refractivity contribution in [2.45, 2.75) is 26.9 Å². The summed E-state index contributed by atoms with van der Waals surface area (Å²) in [4.78, 5) is 0. The number of hydrogen-bond acceptors (Lipinski definition) is 0. The van der Waals surface area contributed by atoms with Gasteiger partial charge in [0.2, 0.25) is 0 Å². The first-order chi connectivity index (χ1) is 10.2. The first-order valence-electron chi connectivity index (χ1n) is 7.82. The van der Waals surface area contributed by atoms with Crippen LogP contribution in [0, 0.1) is 0 Å². The second-order valence-corrected chi connectivity index (χ2v) is 5.72. The third-order valence-corrected chi connectivity index (χ3v) is 4.44. The summed E-state index contributed by atoms with van der Waals surface area (Å²) >= 11 is 0. The molecule has 118 valence electrons. The molecule has 0 spiro atoms. The van der Waals surface area contributed by atoms with Gasteiger partial charge in [-0.15, -0.1) is 0 Å². The van der Waals surface area contributed by atoms with Crippen LogP contribution in [0.15, 0.2) is 61.2 Å². The van der Waals surface area contributed by atoms with E-state index in [1.807, 2.05) is 6.08 Å². The lowest BCUT2D eigenvalue weighted by Gasteiger charge is -2.37. The quantitative estimate of drug-likeness (QED) is 0.685. The van der Waals surface area contributed by atoms with Gasteiger partial charge in [-0.1, -0.05) is 67.3 Å². The fourth-order valence-electron chi connectivity index (χ4n) is 2.84. The van der Waals surface area contributed by atoms with Crippen LogP contribution >= 0.6 is 0 Å². The predicted octanol–water partition coefficient (Wildman–Crippen LogP) is 1.89. The molecule has 0 N–H and O–H groups in total. The normalized spacial score (nSPS) is 10.8. The van der Waals surface area contributed by atoms with Crippen molar-refractivity contribution in [1.29, 1.82) is 0 Å². The van der Waals surface area contributed by atoms with E-state index in [0.717, 1.165) is 30.7 Å². The van der Waals surface area contributed by atoms with Gasteiger partial charge in [-0.3, -0.25) is 0 Å². The van der Waals surface area contributed by atoms with Crippen LogP contribution in [0.2, 0.25) is 0 Å². The number of nitrogens with zero attached hydrogens (tertiary/aromatic N) is 1. The van der Waals surface area contributed by atoms with Gasteiger partial charge in [0.05, 0.1) is 13.1 Å². The van der Waals surface area contributed by atoms with E-state index in [1.54, 1.807) is 0 Å². The zero-order valence-corrected chi connectivity index (χ0v) is 14.4. The van der Waals surface area contributed by atoms with E-state index in [9.17, 15) is 0 Å². The van der Waals surface area contributed by atoms with Crippen LogP contribution < -0.4 is 12.4 Å². The molecule has 0 aromatic heterocycles. The van der Waals surface area contributed by atoms with Crippen molar-refractivity contribution in [3.8, 4) is 0 Å². The second-order valence-electron chi connectivity index (χ2n) is 5.72. The number of hydrogen-bond donors (Lipinski definition) is 0. The Morgan fingerprint density at radius 2 is 1.32 bits per heavy atom. The average molecular weight is 316 g/mol. The number of benzene rings is 2. The minimum Gasteiger partial charge on any atom is -1.00 e. The lowest BCUT2D eigenvalue weighted by atomic mass is 10.1. The molecule has 2 aromatic carbocycles. The summed E-state index contributed by atoms with van der Waals surface area (Å²) in [6, 6.07) is 19.6. The fraction of sp³-hybridized carbons (Fsp3) is 0.300. The SMILES string of the molecule is C=Cc1ccc(C[N+](CC)(CC)Cc2ccccc2)cc1.[Cl-]. The zero-order valence-electron chi connectivity index (χ0n) is 13.6. The summed E-state index contributed by atoms with van der Waals surface area (Å²) in [6.07, 6.45) is 1.90. The highest BCUT2D eigenvalue weighted by Gasteiger charge is 2.24. The summed E-state index contributed by atoms with van der Waals surface area (Å²) in [5.74, 6) is 0. The van der Waals surface area contributed by atoms with Crippen molar-refractivity contribution in [2.75, 3.05) is 13.1 Å². The van der Waals surface area contributed by atoms with E-state index in [-0.39, 0.29) is 12.4 Å². The molecule has 1 nitrogen and oxygen atoms in total. The fourth-order valence-corrected chi connectivity index (χ4v) is 2.84. The Labute approximate surface area is 141 Å². The Morgan fingerprint density at radius 3 is 1.77 bits per heavy atom. The summed E-state index contributed by atoms with van der Waals surface area (Å²) in [5, 5.41) is 0. The molecule has 0 aliphatic heterocycles. The van der Waals surface area contributed by atoms with Crippen LogP contribution in [-0.4, -0.2) is 17.6 Å². The van der Waals surface area contributed by atoms with Gasteiger partial charge in [-0.2, -0.15) is 0 Å². The van der Waals surface area contributed by atoms with Crippen LogP contribution in [-0.2, 0) is 13.1 Å². The van der Waals surface area contributed by atoms with Gasteiger partial charge in [0.1, 0.15) is 13.1 Å². The van der Waals surface area contributed by atoms with Crippen LogP contribution in [0.3, 0.4) is 0 Å². The van der Waals surface area contributed by atoms with Crippen molar-refractivity contribution < 1.29 is 16.9 Å². The van der Waals surface area contributed by atoms with E-state index in [1.165, 1.54) is 16.7 Å². The molecule has 0 unspecified atom stereocenters. The molecule has 2 heteroatoms. The van der Waals surface area contributed by atoms with Crippen molar-refractivity contribution in [2.24, 2.45) is 0 Å². The standard InChI is InChI=1S/C20H26N.ClH/c1-4-18-12-14-20(15-13-18)17-21(5-2,6-3)16-19-10-8-7-9-11-19;/h4,7-15H,1,5-6,16-17H2,2-3H3;1H/q+1;/p-1. The minimum atomic E-state index is 0. The highest BCUT2D eigenvalue weighted by atomic mass is 35.5. The maximum Gasteiger partial charge on any atom is 0.105 e. The Bertz CT molecular complexity index is 556. The molecular weight excluding hydrogens is 290 g/mol. The van der Waals surface area contributed by atoms with Gasteiger partial charge in [0, 0.05) is 11.1 Å². The van der Waals surface area contributed by atoms with E-state index in [0.29, 0.717) is 0 Å². The molecule has 0 atom stereocenters. The first kappa shape index (κ1) is 18.5. The van der Waals surface area contributed by atoms with E-state index < -0.39 is 0 Å².